The molecule has 7 heteroatoms. The average Bonchev–Trinajstić information content (AvgIpc) is 3.51. The van der Waals surface area contributed by atoms with Gasteiger partial charge in [0.25, 0.3) is 0 Å². The second-order valence-corrected chi connectivity index (χ2v) is 13.6. The second-order valence-electron chi connectivity index (χ2n) is 13.6. The van der Waals surface area contributed by atoms with Gasteiger partial charge in [0.1, 0.15) is 11.5 Å². The minimum absolute atomic E-state index is 0. The van der Waals surface area contributed by atoms with E-state index in [0.717, 1.165) is 90.7 Å². The third-order valence-corrected chi connectivity index (χ3v) is 9.47. The number of rotatable bonds is 4. The van der Waals surface area contributed by atoms with Crippen LogP contribution in [-0.2, 0) is 32.9 Å². The Morgan fingerprint density at radius 1 is 0.735 bits per heavy atom. The van der Waals surface area contributed by atoms with Gasteiger partial charge in [-0.1, -0.05) is 64.1 Å². The zero-order valence-corrected chi connectivity index (χ0v) is 29.9. The minimum Gasteiger partial charge on any atom is -0.503 e. The first-order valence-electron chi connectivity index (χ1n) is 16.5. The van der Waals surface area contributed by atoms with Gasteiger partial charge in [-0.15, -0.1) is 58.5 Å². The normalized spacial score (nSPS) is 12.7. The van der Waals surface area contributed by atoms with Gasteiger partial charge in [-0.3, -0.25) is 4.98 Å². The molecule has 240 valence electrons. The van der Waals surface area contributed by atoms with Gasteiger partial charge in [-0.05, 0) is 71.1 Å². The zero-order valence-electron chi connectivity index (χ0n) is 27.7. The van der Waals surface area contributed by atoms with Crippen LogP contribution in [0.25, 0.3) is 39.4 Å². The standard InChI is InChI=1S/C42H32BN3O2.Pt/c1-5-26-21-38-40-39(22-26)48-37-18-16-28(41-45-33-13-9-10-14-35(33)46(41)30-11-7-6-8-12-30)24-32(37)43(40)31-23-27(15-17-36(31)47-38)34-25-29(19-20-44-34)42(2,3)4;/h6-22,25H,5H2,1-4H3;/q-2;+2. The Labute approximate surface area is 301 Å². The molecule has 2 aliphatic heterocycles. The number of ether oxygens (including phenoxy) is 2. The van der Waals surface area contributed by atoms with Crippen molar-refractivity contribution in [3.8, 4) is 51.3 Å². The average molecular weight is 817 g/mol. The first kappa shape index (κ1) is 31.3. The number of aryl methyl sites for hydroxylation is 1. The summed E-state index contributed by atoms with van der Waals surface area (Å²) in [5, 5.41) is 0. The molecule has 49 heavy (non-hydrogen) atoms. The van der Waals surface area contributed by atoms with Crippen LogP contribution in [0.5, 0.6) is 23.0 Å². The maximum absolute atomic E-state index is 6.65. The van der Waals surface area contributed by atoms with Crippen molar-refractivity contribution in [3.05, 3.63) is 133 Å². The fourth-order valence-corrected chi connectivity index (χ4v) is 6.95. The van der Waals surface area contributed by atoms with Crippen molar-refractivity contribution in [3.63, 3.8) is 0 Å². The van der Waals surface area contributed by atoms with Crippen molar-refractivity contribution in [2.75, 3.05) is 0 Å². The van der Waals surface area contributed by atoms with Crippen molar-refractivity contribution < 1.29 is 30.5 Å². The van der Waals surface area contributed by atoms with E-state index in [4.69, 9.17) is 19.4 Å². The van der Waals surface area contributed by atoms with Crippen LogP contribution >= 0.6 is 0 Å². The molecule has 2 aromatic heterocycles. The zero-order chi connectivity index (χ0) is 32.6. The third kappa shape index (κ3) is 5.21. The molecule has 0 saturated carbocycles. The smallest absolute Gasteiger partial charge is 0.503 e. The Kier molecular flexibility index (Phi) is 7.61. The third-order valence-electron chi connectivity index (χ3n) is 9.47. The van der Waals surface area contributed by atoms with Crippen LogP contribution < -0.4 is 25.9 Å². The van der Waals surface area contributed by atoms with Crippen molar-refractivity contribution in [2.24, 2.45) is 0 Å². The van der Waals surface area contributed by atoms with Gasteiger partial charge in [0.2, 0.25) is 6.71 Å². The molecule has 7 aromatic rings. The summed E-state index contributed by atoms with van der Waals surface area (Å²) in [5.74, 6) is 4.02. The van der Waals surface area contributed by atoms with Crippen LogP contribution in [0.2, 0.25) is 0 Å². The first-order valence-corrected chi connectivity index (χ1v) is 16.5. The first-order chi connectivity index (χ1) is 23.4. The molecule has 0 spiro atoms. The summed E-state index contributed by atoms with van der Waals surface area (Å²) in [7, 11) is 0. The quantitative estimate of drug-likeness (QED) is 0.134. The number of nitrogens with zero attached hydrogens (tertiary/aromatic N) is 3. The molecule has 2 aliphatic rings. The molecule has 0 amide bonds. The molecule has 0 aliphatic carbocycles. The molecule has 5 aromatic carbocycles. The van der Waals surface area contributed by atoms with Crippen molar-refractivity contribution in [2.45, 2.75) is 39.5 Å². The number of para-hydroxylation sites is 3. The summed E-state index contributed by atoms with van der Waals surface area (Å²) in [6, 6.07) is 43.0. The summed E-state index contributed by atoms with van der Waals surface area (Å²) in [6.45, 7) is 8.61. The molecule has 0 radical (unpaired) electrons. The van der Waals surface area contributed by atoms with E-state index in [-0.39, 0.29) is 33.2 Å². The SMILES string of the molecule is CCc1cc2c3c(c1)Oc1ccc(-c4nc5ccccc5n4-c4ccccc4)[c-]c1B3c1[c-]c(-c3cc(C(C)(C)C)ccn3)ccc1O2.[Pt+2]. The van der Waals surface area contributed by atoms with Gasteiger partial charge < -0.3 is 19.0 Å². The van der Waals surface area contributed by atoms with Gasteiger partial charge in [0, 0.05) is 28.8 Å². The molecule has 9 rings (SSSR count). The van der Waals surface area contributed by atoms with Gasteiger partial charge in [-0.25, -0.2) is 0 Å². The Bertz CT molecular complexity index is 2380. The fraction of sp³-hybridized carbons (Fsp3) is 0.143. The Balaban J connectivity index is 0.00000348. The van der Waals surface area contributed by atoms with E-state index in [1.165, 1.54) is 5.56 Å². The maximum atomic E-state index is 6.65. The number of aromatic nitrogens is 3. The van der Waals surface area contributed by atoms with E-state index in [1.807, 2.05) is 18.3 Å². The second kappa shape index (κ2) is 11.9. The summed E-state index contributed by atoms with van der Waals surface area (Å²) in [5.41, 5.74) is 11.0. The van der Waals surface area contributed by atoms with Crippen LogP contribution in [0.1, 0.15) is 38.8 Å². The summed E-state index contributed by atoms with van der Waals surface area (Å²) >= 11 is 0. The molecule has 0 bridgehead atoms. The number of fused-ring (bicyclic) bond motifs is 5. The Morgan fingerprint density at radius 2 is 1.39 bits per heavy atom. The van der Waals surface area contributed by atoms with Crippen LogP contribution in [0, 0.1) is 12.1 Å². The number of hydrogen-bond acceptors (Lipinski definition) is 4. The molecule has 0 N–H and O–H groups in total. The fourth-order valence-electron chi connectivity index (χ4n) is 6.95. The summed E-state index contributed by atoms with van der Waals surface area (Å²) in [4.78, 5) is 9.90. The van der Waals surface area contributed by atoms with Crippen LogP contribution in [0.3, 0.4) is 0 Å². The molecule has 0 fully saturated rings. The molecule has 0 saturated heterocycles. The van der Waals surface area contributed by atoms with E-state index >= 15 is 0 Å². The van der Waals surface area contributed by atoms with Gasteiger partial charge in [0.15, 0.2) is 0 Å². The van der Waals surface area contributed by atoms with Crippen molar-refractivity contribution in [1.29, 1.82) is 0 Å². The van der Waals surface area contributed by atoms with Crippen molar-refractivity contribution >= 4 is 34.1 Å². The predicted octanol–water partition coefficient (Wildman–Crippen LogP) is 7.94. The van der Waals surface area contributed by atoms with E-state index in [0.29, 0.717) is 0 Å². The van der Waals surface area contributed by atoms with Crippen LogP contribution in [0.4, 0.5) is 0 Å². The maximum Gasteiger partial charge on any atom is 2.00 e. The largest absolute Gasteiger partial charge is 2.00 e. The monoisotopic (exact) mass is 816 g/mol. The van der Waals surface area contributed by atoms with Gasteiger partial charge in [0.05, 0.1) is 16.9 Å². The van der Waals surface area contributed by atoms with Crippen LogP contribution in [-0.4, -0.2) is 21.2 Å². The molecular weight excluding hydrogens is 784 g/mol. The Morgan fingerprint density at radius 3 is 2.08 bits per heavy atom. The van der Waals surface area contributed by atoms with Crippen LogP contribution in [0.15, 0.2) is 109 Å². The number of hydrogen-bond donors (Lipinski definition) is 0. The van der Waals surface area contributed by atoms with Crippen molar-refractivity contribution in [1.82, 2.24) is 14.5 Å². The number of pyridine rings is 1. The molecular formula is C42H32BN3O2Pt. The van der Waals surface area contributed by atoms with E-state index in [2.05, 4.69) is 135 Å². The molecule has 0 atom stereocenters. The molecule has 4 heterocycles. The topological polar surface area (TPSA) is 49.2 Å². The molecule has 5 nitrogen and oxygen atoms in total. The number of imidazole rings is 1. The summed E-state index contributed by atoms with van der Waals surface area (Å²) in [6.07, 6.45) is 2.76. The minimum atomic E-state index is -0.200. The predicted molar refractivity (Wildman–Crippen MR) is 193 cm³/mol. The van der Waals surface area contributed by atoms with Gasteiger partial charge >= 0.3 is 21.1 Å². The summed E-state index contributed by atoms with van der Waals surface area (Å²) < 4.78 is 15.5. The van der Waals surface area contributed by atoms with E-state index < -0.39 is 0 Å². The Hall–Kier alpha value is -4.93. The van der Waals surface area contributed by atoms with E-state index in [9.17, 15) is 0 Å². The van der Waals surface area contributed by atoms with Gasteiger partial charge in [-0.2, -0.15) is 0 Å². The number of benzene rings is 5. The molecule has 0 unspecified atom stereocenters. The van der Waals surface area contributed by atoms with E-state index in [1.54, 1.807) is 0 Å².